The van der Waals surface area contributed by atoms with E-state index >= 15 is 0 Å². The molecule has 1 aromatic rings. The number of nitrogens with zero attached hydrogens (tertiary/aromatic N) is 2. The summed E-state index contributed by atoms with van der Waals surface area (Å²) in [5, 5.41) is 8.41. The number of methoxy groups -OCH3 is 1. The molecule has 0 aromatic heterocycles. The fourth-order valence-electron chi connectivity index (χ4n) is 1.45. The van der Waals surface area contributed by atoms with Crippen molar-refractivity contribution >= 4 is 11.9 Å². The summed E-state index contributed by atoms with van der Waals surface area (Å²) in [5.74, 6) is -1.91. The van der Waals surface area contributed by atoms with Crippen LogP contribution in [0.15, 0.2) is 18.2 Å². The van der Waals surface area contributed by atoms with Crippen molar-refractivity contribution in [3.63, 3.8) is 0 Å². The Balaban J connectivity index is 2.58. The third-order valence-corrected chi connectivity index (χ3v) is 2.71. The molecule has 112 valence electrons. The first-order chi connectivity index (χ1) is 9.99. The minimum atomic E-state index is -0.933. The van der Waals surface area contributed by atoms with Gasteiger partial charge in [-0.2, -0.15) is 5.26 Å². The van der Waals surface area contributed by atoms with Gasteiger partial charge < -0.3 is 14.4 Å². The minimum Gasteiger partial charge on any atom is -0.497 e. The molecule has 6 nitrogen and oxygen atoms in total. The second kappa shape index (κ2) is 7.85. The molecule has 0 unspecified atom stereocenters. The Bertz CT molecular complexity index is 569. The van der Waals surface area contributed by atoms with E-state index in [1.807, 2.05) is 6.07 Å². The molecule has 7 heteroatoms. The van der Waals surface area contributed by atoms with Crippen molar-refractivity contribution in [3.05, 3.63) is 29.6 Å². The predicted molar refractivity (Wildman–Crippen MR) is 71.1 cm³/mol. The molecular formula is C14H15FN2O4. The number of halogens is 1. The molecule has 1 amide bonds. The zero-order valence-electron chi connectivity index (χ0n) is 11.8. The van der Waals surface area contributed by atoms with E-state index in [1.165, 1.54) is 31.2 Å². The van der Waals surface area contributed by atoms with Crippen molar-refractivity contribution in [2.45, 2.75) is 6.42 Å². The van der Waals surface area contributed by atoms with E-state index < -0.39 is 24.3 Å². The Morgan fingerprint density at radius 1 is 1.43 bits per heavy atom. The van der Waals surface area contributed by atoms with E-state index in [-0.39, 0.29) is 24.3 Å². The van der Waals surface area contributed by atoms with Crippen LogP contribution in [0.2, 0.25) is 0 Å². The Hall–Kier alpha value is -2.62. The van der Waals surface area contributed by atoms with Crippen molar-refractivity contribution < 1.29 is 23.5 Å². The molecule has 21 heavy (non-hydrogen) atoms. The van der Waals surface area contributed by atoms with Crippen LogP contribution in [-0.4, -0.2) is 44.1 Å². The fraction of sp³-hybridized carbons (Fsp3) is 0.357. The largest absolute Gasteiger partial charge is 0.497 e. The molecule has 0 saturated carbocycles. The number of carbonyl (C=O) groups excluding carboxylic acids is 2. The van der Waals surface area contributed by atoms with Crippen LogP contribution in [0.25, 0.3) is 0 Å². The first-order valence-electron chi connectivity index (χ1n) is 6.11. The lowest BCUT2D eigenvalue weighted by atomic mass is 10.2. The average Bonchev–Trinajstić information content (AvgIpc) is 2.49. The third-order valence-electron chi connectivity index (χ3n) is 2.71. The fourth-order valence-corrected chi connectivity index (χ4v) is 1.45. The number of amides is 1. The van der Waals surface area contributed by atoms with Crippen LogP contribution in [0.5, 0.6) is 5.75 Å². The predicted octanol–water partition coefficient (Wildman–Crippen LogP) is 1.36. The number of hydrogen-bond acceptors (Lipinski definition) is 5. The zero-order valence-corrected chi connectivity index (χ0v) is 11.8. The van der Waals surface area contributed by atoms with Gasteiger partial charge in [0, 0.05) is 19.7 Å². The number of hydrogen-bond donors (Lipinski definition) is 0. The van der Waals surface area contributed by atoms with Crippen LogP contribution in [0.4, 0.5) is 4.39 Å². The first-order valence-corrected chi connectivity index (χ1v) is 6.11. The number of carbonyl (C=O) groups is 2. The molecule has 0 aliphatic heterocycles. The summed E-state index contributed by atoms with van der Waals surface area (Å²) < 4.78 is 23.2. The highest BCUT2D eigenvalue weighted by molar-refractivity contribution is 5.91. The molecule has 0 radical (unpaired) electrons. The summed E-state index contributed by atoms with van der Waals surface area (Å²) >= 11 is 0. The number of nitriles is 1. The number of esters is 1. The van der Waals surface area contributed by atoms with E-state index in [0.29, 0.717) is 0 Å². The van der Waals surface area contributed by atoms with Crippen molar-refractivity contribution in [1.29, 1.82) is 5.26 Å². The van der Waals surface area contributed by atoms with Gasteiger partial charge in [-0.05, 0) is 12.1 Å². The van der Waals surface area contributed by atoms with Crippen molar-refractivity contribution in [3.8, 4) is 11.8 Å². The topological polar surface area (TPSA) is 79.6 Å². The van der Waals surface area contributed by atoms with Crippen molar-refractivity contribution in [1.82, 2.24) is 4.90 Å². The molecule has 0 spiro atoms. The monoisotopic (exact) mass is 294 g/mol. The summed E-state index contributed by atoms with van der Waals surface area (Å²) in [7, 11) is 2.87. The third kappa shape index (κ3) is 4.76. The Morgan fingerprint density at radius 3 is 2.71 bits per heavy atom. The molecule has 0 heterocycles. The van der Waals surface area contributed by atoms with E-state index in [1.54, 1.807) is 0 Å². The van der Waals surface area contributed by atoms with Crippen molar-refractivity contribution in [2.75, 3.05) is 27.3 Å². The van der Waals surface area contributed by atoms with Gasteiger partial charge in [0.05, 0.1) is 25.2 Å². The maximum Gasteiger partial charge on any atom is 0.341 e. The minimum absolute atomic E-state index is 0.184. The molecule has 0 aliphatic carbocycles. The van der Waals surface area contributed by atoms with Crippen LogP contribution in [0, 0.1) is 17.1 Å². The quantitative estimate of drug-likeness (QED) is 0.740. The van der Waals surface area contributed by atoms with Crippen LogP contribution >= 0.6 is 0 Å². The lowest BCUT2D eigenvalue weighted by Gasteiger charge is -2.15. The highest BCUT2D eigenvalue weighted by Crippen LogP contribution is 2.16. The highest BCUT2D eigenvalue weighted by atomic mass is 19.1. The van der Waals surface area contributed by atoms with Gasteiger partial charge in [-0.25, -0.2) is 9.18 Å². The SMILES string of the molecule is COc1ccc(C(=O)OCC(=O)N(C)CCC#N)c(F)c1. The highest BCUT2D eigenvalue weighted by Gasteiger charge is 2.17. The number of ether oxygens (including phenoxy) is 2. The molecule has 0 saturated heterocycles. The summed E-state index contributed by atoms with van der Waals surface area (Å²) in [6.45, 7) is -0.268. The molecule has 1 aromatic carbocycles. The Kier molecular flexibility index (Phi) is 6.14. The molecule has 0 aliphatic rings. The van der Waals surface area contributed by atoms with Gasteiger partial charge in [-0.15, -0.1) is 0 Å². The molecular weight excluding hydrogens is 279 g/mol. The second-order valence-corrected chi connectivity index (χ2v) is 4.15. The van der Waals surface area contributed by atoms with Crippen molar-refractivity contribution in [2.24, 2.45) is 0 Å². The summed E-state index contributed by atoms with van der Waals surface area (Å²) in [6.07, 6.45) is 0.184. The maximum atomic E-state index is 13.6. The zero-order chi connectivity index (χ0) is 15.8. The number of rotatable bonds is 6. The number of benzene rings is 1. The maximum absolute atomic E-state index is 13.6. The summed E-state index contributed by atoms with van der Waals surface area (Å²) in [4.78, 5) is 24.5. The standard InChI is InChI=1S/C14H15FN2O4/c1-17(7-3-6-16)13(18)9-21-14(19)11-5-4-10(20-2)8-12(11)15/h4-5,8H,3,7,9H2,1-2H3. The van der Waals surface area contributed by atoms with Crippen LogP contribution < -0.4 is 4.74 Å². The normalized spacial score (nSPS) is 9.62. The summed E-state index contributed by atoms with van der Waals surface area (Å²) in [6, 6.07) is 5.59. The van der Waals surface area contributed by atoms with Gasteiger partial charge in [0.1, 0.15) is 11.6 Å². The Morgan fingerprint density at radius 2 is 2.14 bits per heavy atom. The van der Waals surface area contributed by atoms with Gasteiger partial charge in [-0.1, -0.05) is 0 Å². The average molecular weight is 294 g/mol. The lowest BCUT2D eigenvalue weighted by molar-refractivity contribution is -0.133. The van der Waals surface area contributed by atoms with E-state index in [4.69, 9.17) is 14.7 Å². The Labute approximate surface area is 121 Å². The molecule has 0 N–H and O–H groups in total. The molecule has 1 rings (SSSR count). The van der Waals surface area contributed by atoms with Crippen LogP contribution in [-0.2, 0) is 9.53 Å². The summed E-state index contributed by atoms with van der Waals surface area (Å²) in [5.41, 5.74) is -0.275. The van der Waals surface area contributed by atoms with Gasteiger partial charge in [0.15, 0.2) is 6.61 Å². The molecule has 0 fully saturated rings. The molecule has 0 atom stereocenters. The van der Waals surface area contributed by atoms with E-state index in [9.17, 15) is 14.0 Å². The van der Waals surface area contributed by atoms with Gasteiger partial charge >= 0.3 is 5.97 Å². The lowest BCUT2D eigenvalue weighted by Crippen LogP contribution is -2.32. The van der Waals surface area contributed by atoms with Gasteiger partial charge in [0.25, 0.3) is 5.91 Å². The first kappa shape index (κ1) is 16.4. The number of likely N-dealkylation sites (N-methyl/N-ethyl adjacent to an activating group) is 1. The van der Waals surface area contributed by atoms with Crippen LogP contribution in [0.1, 0.15) is 16.8 Å². The smallest absolute Gasteiger partial charge is 0.341 e. The van der Waals surface area contributed by atoms with Crippen LogP contribution in [0.3, 0.4) is 0 Å². The molecule has 0 bridgehead atoms. The van der Waals surface area contributed by atoms with E-state index in [2.05, 4.69) is 0 Å². The van der Waals surface area contributed by atoms with Gasteiger partial charge in [-0.3, -0.25) is 4.79 Å². The van der Waals surface area contributed by atoms with Gasteiger partial charge in [0.2, 0.25) is 0 Å². The van der Waals surface area contributed by atoms with E-state index in [0.717, 1.165) is 6.07 Å². The second-order valence-electron chi connectivity index (χ2n) is 4.15.